The maximum Gasteiger partial charge on any atom is 0.173 e. The smallest absolute Gasteiger partial charge is 0.173 e. The van der Waals surface area contributed by atoms with Crippen molar-refractivity contribution in [1.29, 1.82) is 5.26 Å². The van der Waals surface area contributed by atoms with Crippen LogP contribution in [0.15, 0.2) is 42.6 Å². The van der Waals surface area contributed by atoms with Crippen molar-refractivity contribution in [2.24, 2.45) is 0 Å². The van der Waals surface area contributed by atoms with Gasteiger partial charge in [-0.15, -0.1) is 0 Å². The largest absolute Gasteiger partial charge is 0.353 e. The topological polar surface area (TPSA) is 55.2 Å². The number of thiocarbonyl (C=S) groups is 1. The van der Waals surface area contributed by atoms with E-state index < -0.39 is 0 Å². The number of nitrogens with one attached hydrogen (secondary N) is 1. The standard InChI is InChI=1S/C17H16ClN5S/c18-14-2-1-3-15(10-14)21-17(24)23-8-6-22(7-9-23)16-5-4-13(11-19)12-20-16/h1-5,10,12H,6-9H2,(H,21,24). The minimum atomic E-state index is 0.573. The van der Waals surface area contributed by atoms with Gasteiger partial charge in [0.25, 0.3) is 0 Å². The van der Waals surface area contributed by atoms with Crippen molar-refractivity contribution < 1.29 is 0 Å². The monoisotopic (exact) mass is 357 g/mol. The van der Waals surface area contributed by atoms with Gasteiger partial charge >= 0.3 is 0 Å². The van der Waals surface area contributed by atoms with Gasteiger partial charge < -0.3 is 15.1 Å². The zero-order valence-electron chi connectivity index (χ0n) is 12.9. The summed E-state index contributed by atoms with van der Waals surface area (Å²) in [4.78, 5) is 8.67. The van der Waals surface area contributed by atoms with Crippen molar-refractivity contribution in [3.63, 3.8) is 0 Å². The molecule has 1 aliphatic rings. The summed E-state index contributed by atoms with van der Waals surface area (Å²) in [6.07, 6.45) is 1.60. The highest BCUT2D eigenvalue weighted by Crippen LogP contribution is 2.17. The van der Waals surface area contributed by atoms with Crippen LogP contribution < -0.4 is 10.2 Å². The summed E-state index contributed by atoms with van der Waals surface area (Å²) >= 11 is 11.5. The molecule has 0 aliphatic carbocycles. The Kier molecular flexibility index (Phi) is 5.14. The zero-order chi connectivity index (χ0) is 16.9. The number of piperazine rings is 1. The van der Waals surface area contributed by atoms with E-state index in [-0.39, 0.29) is 0 Å². The molecule has 5 nitrogen and oxygen atoms in total. The van der Waals surface area contributed by atoms with E-state index in [2.05, 4.69) is 26.2 Å². The molecule has 0 bridgehead atoms. The maximum absolute atomic E-state index is 8.83. The van der Waals surface area contributed by atoms with Crippen LogP contribution in [0.5, 0.6) is 0 Å². The molecule has 1 aromatic carbocycles. The van der Waals surface area contributed by atoms with Crippen LogP contribution in [0, 0.1) is 11.3 Å². The van der Waals surface area contributed by atoms with Gasteiger partial charge in [0.15, 0.2) is 5.11 Å². The molecule has 1 aliphatic heterocycles. The SMILES string of the molecule is N#Cc1ccc(N2CCN(C(=S)Nc3cccc(Cl)c3)CC2)nc1. The molecule has 7 heteroatoms. The van der Waals surface area contributed by atoms with Crippen molar-refractivity contribution in [2.45, 2.75) is 0 Å². The number of rotatable bonds is 2. The van der Waals surface area contributed by atoms with Crippen LogP contribution in [0.25, 0.3) is 0 Å². The van der Waals surface area contributed by atoms with Gasteiger partial charge in [0.05, 0.1) is 5.56 Å². The molecule has 1 N–H and O–H groups in total. The molecule has 1 saturated heterocycles. The molecular formula is C17H16ClN5S. The average molecular weight is 358 g/mol. The van der Waals surface area contributed by atoms with Gasteiger partial charge in [0, 0.05) is 43.1 Å². The highest BCUT2D eigenvalue weighted by molar-refractivity contribution is 7.80. The van der Waals surface area contributed by atoms with Crippen molar-refractivity contribution in [3.8, 4) is 6.07 Å². The second-order valence-electron chi connectivity index (χ2n) is 5.43. The molecule has 2 heterocycles. The lowest BCUT2D eigenvalue weighted by atomic mass is 10.2. The van der Waals surface area contributed by atoms with E-state index in [0.29, 0.717) is 15.7 Å². The molecule has 0 saturated carbocycles. The van der Waals surface area contributed by atoms with Gasteiger partial charge in [-0.25, -0.2) is 4.98 Å². The number of nitriles is 1. The fourth-order valence-electron chi connectivity index (χ4n) is 2.55. The minimum absolute atomic E-state index is 0.573. The minimum Gasteiger partial charge on any atom is -0.353 e. The number of aromatic nitrogens is 1. The van der Waals surface area contributed by atoms with E-state index in [0.717, 1.165) is 37.7 Å². The molecule has 0 unspecified atom stereocenters. The predicted octanol–water partition coefficient (Wildman–Crippen LogP) is 3.13. The first-order valence-corrected chi connectivity index (χ1v) is 8.37. The summed E-state index contributed by atoms with van der Waals surface area (Å²) in [7, 11) is 0. The normalized spacial score (nSPS) is 14.2. The van der Waals surface area contributed by atoms with Gasteiger partial charge in [0.2, 0.25) is 0 Å². The number of halogens is 1. The summed E-state index contributed by atoms with van der Waals surface area (Å²) in [6, 6.07) is 13.3. The van der Waals surface area contributed by atoms with Gasteiger partial charge in [-0.3, -0.25) is 0 Å². The van der Waals surface area contributed by atoms with E-state index in [1.165, 1.54) is 0 Å². The van der Waals surface area contributed by atoms with Crippen LogP contribution in [0.2, 0.25) is 5.02 Å². The first kappa shape index (κ1) is 16.5. The Bertz CT molecular complexity index is 763. The zero-order valence-corrected chi connectivity index (χ0v) is 14.5. The fourth-order valence-corrected chi connectivity index (χ4v) is 3.04. The lowest BCUT2D eigenvalue weighted by Gasteiger charge is -2.36. The Morgan fingerprint density at radius 1 is 1.21 bits per heavy atom. The third-order valence-electron chi connectivity index (χ3n) is 3.84. The Balaban J connectivity index is 1.56. The second-order valence-corrected chi connectivity index (χ2v) is 6.25. The van der Waals surface area contributed by atoms with Gasteiger partial charge in [-0.2, -0.15) is 5.26 Å². The first-order valence-electron chi connectivity index (χ1n) is 7.58. The molecule has 0 atom stereocenters. The van der Waals surface area contributed by atoms with Crippen molar-refractivity contribution in [2.75, 3.05) is 36.4 Å². The van der Waals surface area contributed by atoms with E-state index in [4.69, 9.17) is 29.1 Å². The first-order chi connectivity index (χ1) is 11.7. The van der Waals surface area contributed by atoms with Crippen LogP contribution in [0.4, 0.5) is 11.5 Å². The van der Waals surface area contributed by atoms with Crippen LogP contribution in [0.1, 0.15) is 5.56 Å². The van der Waals surface area contributed by atoms with E-state index in [9.17, 15) is 0 Å². The summed E-state index contributed by atoms with van der Waals surface area (Å²) in [6.45, 7) is 3.29. The summed E-state index contributed by atoms with van der Waals surface area (Å²) in [5.41, 5.74) is 1.47. The van der Waals surface area contributed by atoms with Gasteiger partial charge in [-0.1, -0.05) is 17.7 Å². The number of benzene rings is 1. The van der Waals surface area contributed by atoms with Crippen LogP contribution in [-0.2, 0) is 0 Å². The Hall–Kier alpha value is -2.36. The maximum atomic E-state index is 8.83. The number of nitrogens with zero attached hydrogens (tertiary/aromatic N) is 4. The summed E-state index contributed by atoms with van der Waals surface area (Å²) in [5.74, 6) is 0.891. The van der Waals surface area contributed by atoms with Crippen molar-refractivity contribution >= 4 is 40.4 Å². The third kappa shape index (κ3) is 3.94. The molecule has 0 radical (unpaired) electrons. The molecule has 0 spiro atoms. The number of pyridine rings is 1. The van der Waals surface area contributed by atoms with E-state index >= 15 is 0 Å². The van der Waals surface area contributed by atoms with Crippen molar-refractivity contribution in [1.82, 2.24) is 9.88 Å². The van der Waals surface area contributed by atoms with Crippen LogP contribution in [0.3, 0.4) is 0 Å². The Morgan fingerprint density at radius 3 is 2.62 bits per heavy atom. The molecule has 122 valence electrons. The summed E-state index contributed by atoms with van der Waals surface area (Å²) in [5, 5.41) is 13.4. The van der Waals surface area contributed by atoms with Crippen LogP contribution >= 0.6 is 23.8 Å². The average Bonchev–Trinajstić information content (AvgIpc) is 2.62. The Morgan fingerprint density at radius 2 is 2.00 bits per heavy atom. The van der Waals surface area contributed by atoms with Gasteiger partial charge in [0.1, 0.15) is 11.9 Å². The Labute approximate surface area is 151 Å². The molecule has 0 amide bonds. The highest BCUT2D eigenvalue weighted by atomic mass is 35.5. The highest BCUT2D eigenvalue weighted by Gasteiger charge is 2.20. The molecular weight excluding hydrogens is 342 g/mol. The van der Waals surface area contributed by atoms with Crippen molar-refractivity contribution in [3.05, 3.63) is 53.2 Å². The lowest BCUT2D eigenvalue weighted by Crippen LogP contribution is -2.50. The molecule has 1 fully saturated rings. The van der Waals surface area contributed by atoms with Gasteiger partial charge in [-0.05, 0) is 42.5 Å². The third-order valence-corrected chi connectivity index (χ3v) is 4.44. The second kappa shape index (κ2) is 7.47. The number of hydrogen-bond acceptors (Lipinski definition) is 4. The molecule has 1 aromatic heterocycles. The lowest BCUT2D eigenvalue weighted by molar-refractivity contribution is 0.389. The quantitative estimate of drug-likeness (QED) is 0.833. The number of anilines is 2. The fraction of sp³-hybridized carbons (Fsp3) is 0.235. The molecule has 2 aromatic rings. The van der Waals surface area contributed by atoms with Crippen LogP contribution in [-0.4, -0.2) is 41.2 Å². The van der Waals surface area contributed by atoms with E-state index in [1.807, 2.05) is 30.3 Å². The molecule has 3 rings (SSSR count). The predicted molar refractivity (Wildman–Crippen MR) is 100 cm³/mol. The number of hydrogen-bond donors (Lipinski definition) is 1. The summed E-state index contributed by atoms with van der Waals surface area (Å²) < 4.78 is 0. The van der Waals surface area contributed by atoms with E-state index in [1.54, 1.807) is 12.3 Å². The molecule has 24 heavy (non-hydrogen) atoms.